The molecule has 0 spiro atoms. The monoisotopic (exact) mass is 328 g/mol. The van der Waals surface area contributed by atoms with Crippen LogP contribution in [-0.2, 0) is 19.9 Å². The highest BCUT2D eigenvalue weighted by molar-refractivity contribution is 9.10. The molecule has 0 fully saturated rings. The van der Waals surface area contributed by atoms with Crippen LogP contribution < -0.4 is 11.3 Å². The summed E-state index contributed by atoms with van der Waals surface area (Å²) in [4.78, 5) is 1.24. The van der Waals surface area contributed by atoms with E-state index in [1.807, 2.05) is 17.8 Å². The Hall–Kier alpha value is -0.690. The van der Waals surface area contributed by atoms with Gasteiger partial charge in [-0.1, -0.05) is 13.0 Å². The van der Waals surface area contributed by atoms with E-state index in [9.17, 15) is 0 Å². The lowest BCUT2D eigenvalue weighted by Crippen LogP contribution is -2.29. The average Bonchev–Trinajstić information content (AvgIpc) is 2.97. The van der Waals surface area contributed by atoms with Gasteiger partial charge >= 0.3 is 0 Å². The molecule has 1 atom stereocenters. The average molecular weight is 329 g/mol. The minimum atomic E-state index is 0.126. The SMILES string of the molecule is CCc1nn(C)c(CC(NN)c2cccs2)c1Br. The molecule has 4 nitrogen and oxygen atoms in total. The number of rotatable bonds is 5. The van der Waals surface area contributed by atoms with Crippen LogP contribution in [0.2, 0.25) is 0 Å². The summed E-state index contributed by atoms with van der Waals surface area (Å²) in [5.41, 5.74) is 5.14. The zero-order valence-electron chi connectivity index (χ0n) is 10.5. The van der Waals surface area contributed by atoms with Crippen LogP contribution in [0.25, 0.3) is 0 Å². The molecule has 2 heterocycles. The van der Waals surface area contributed by atoms with Crippen LogP contribution in [0.5, 0.6) is 0 Å². The van der Waals surface area contributed by atoms with Gasteiger partial charge in [0, 0.05) is 18.3 Å². The number of hydrogen-bond donors (Lipinski definition) is 2. The minimum Gasteiger partial charge on any atom is -0.271 e. The highest BCUT2D eigenvalue weighted by atomic mass is 79.9. The molecule has 0 aliphatic rings. The fourth-order valence-corrected chi connectivity index (χ4v) is 3.53. The Morgan fingerprint density at radius 1 is 1.61 bits per heavy atom. The van der Waals surface area contributed by atoms with Crippen molar-refractivity contribution < 1.29 is 0 Å². The highest BCUT2D eigenvalue weighted by Gasteiger charge is 2.18. The van der Waals surface area contributed by atoms with Gasteiger partial charge in [-0.3, -0.25) is 16.0 Å². The molecule has 0 saturated heterocycles. The van der Waals surface area contributed by atoms with Crippen molar-refractivity contribution in [2.75, 3.05) is 0 Å². The molecule has 2 aromatic heterocycles. The molecule has 3 N–H and O–H groups in total. The number of nitrogens with two attached hydrogens (primary N) is 1. The van der Waals surface area contributed by atoms with Crippen molar-refractivity contribution in [3.05, 3.63) is 38.3 Å². The second kappa shape index (κ2) is 5.97. The summed E-state index contributed by atoms with van der Waals surface area (Å²) in [7, 11) is 1.97. The Morgan fingerprint density at radius 2 is 2.39 bits per heavy atom. The topological polar surface area (TPSA) is 55.9 Å². The third-order valence-electron chi connectivity index (χ3n) is 2.99. The summed E-state index contributed by atoms with van der Waals surface area (Å²) < 4.78 is 3.03. The summed E-state index contributed by atoms with van der Waals surface area (Å²) in [6, 6.07) is 4.27. The number of nitrogens with one attached hydrogen (secondary N) is 1. The first-order valence-electron chi connectivity index (χ1n) is 5.87. The number of aromatic nitrogens is 2. The zero-order valence-corrected chi connectivity index (χ0v) is 12.9. The largest absolute Gasteiger partial charge is 0.271 e. The number of halogens is 1. The van der Waals surface area contributed by atoms with Crippen LogP contribution in [0.4, 0.5) is 0 Å². The van der Waals surface area contributed by atoms with Crippen LogP contribution in [0.3, 0.4) is 0 Å². The van der Waals surface area contributed by atoms with Crippen molar-refractivity contribution >= 4 is 27.3 Å². The lowest BCUT2D eigenvalue weighted by Gasteiger charge is -2.14. The van der Waals surface area contributed by atoms with E-state index in [2.05, 4.69) is 44.8 Å². The molecule has 0 aliphatic carbocycles. The third kappa shape index (κ3) is 2.66. The van der Waals surface area contributed by atoms with Gasteiger partial charge in [0.2, 0.25) is 0 Å². The number of aryl methyl sites for hydroxylation is 2. The number of nitrogens with zero attached hydrogens (tertiary/aromatic N) is 2. The van der Waals surface area contributed by atoms with E-state index in [-0.39, 0.29) is 6.04 Å². The smallest absolute Gasteiger partial charge is 0.0766 e. The Labute approximate surface area is 119 Å². The molecule has 0 saturated carbocycles. The third-order valence-corrected chi connectivity index (χ3v) is 4.89. The second-order valence-corrected chi connectivity index (χ2v) is 5.90. The number of hydrazine groups is 1. The fraction of sp³-hybridized carbons (Fsp3) is 0.417. The van der Waals surface area contributed by atoms with Gasteiger partial charge in [-0.05, 0) is 33.8 Å². The van der Waals surface area contributed by atoms with Gasteiger partial charge in [-0.15, -0.1) is 11.3 Å². The summed E-state index contributed by atoms with van der Waals surface area (Å²) in [6.45, 7) is 2.11. The number of hydrogen-bond acceptors (Lipinski definition) is 4. The van der Waals surface area contributed by atoms with Crippen molar-refractivity contribution in [3.8, 4) is 0 Å². The first kappa shape index (κ1) is 13.7. The van der Waals surface area contributed by atoms with Gasteiger partial charge in [0.05, 0.1) is 21.9 Å². The summed E-state index contributed by atoms with van der Waals surface area (Å²) >= 11 is 5.35. The van der Waals surface area contributed by atoms with Crippen molar-refractivity contribution in [1.29, 1.82) is 0 Å². The van der Waals surface area contributed by atoms with Gasteiger partial charge in [0.25, 0.3) is 0 Å². The van der Waals surface area contributed by atoms with E-state index in [1.54, 1.807) is 11.3 Å². The van der Waals surface area contributed by atoms with E-state index in [0.717, 1.165) is 23.0 Å². The van der Waals surface area contributed by atoms with Crippen molar-refractivity contribution in [3.63, 3.8) is 0 Å². The molecule has 18 heavy (non-hydrogen) atoms. The predicted molar refractivity (Wildman–Crippen MR) is 78.4 cm³/mol. The van der Waals surface area contributed by atoms with E-state index < -0.39 is 0 Å². The van der Waals surface area contributed by atoms with Crippen LogP contribution in [0.1, 0.15) is 29.2 Å². The van der Waals surface area contributed by atoms with Crippen molar-refractivity contribution in [1.82, 2.24) is 15.2 Å². The normalized spacial score (nSPS) is 12.9. The van der Waals surface area contributed by atoms with Crippen LogP contribution in [0.15, 0.2) is 22.0 Å². The Balaban J connectivity index is 2.25. The molecule has 1 unspecified atom stereocenters. The molecule has 0 aromatic carbocycles. The highest BCUT2D eigenvalue weighted by Crippen LogP contribution is 2.28. The lowest BCUT2D eigenvalue weighted by molar-refractivity contribution is 0.536. The van der Waals surface area contributed by atoms with Gasteiger partial charge in [0.1, 0.15) is 0 Å². The van der Waals surface area contributed by atoms with Gasteiger partial charge in [0.15, 0.2) is 0 Å². The van der Waals surface area contributed by atoms with Gasteiger partial charge in [-0.2, -0.15) is 5.10 Å². The molecule has 2 aromatic rings. The van der Waals surface area contributed by atoms with Gasteiger partial charge < -0.3 is 0 Å². The maximum absolute atomic E-state index is 5.66. The molecule has 98 valence electrons. The van der Waals surface area contributed by atoms with Crippen LogP contribution >= 0.6 is 27.3 Å². The molecular formula is C12H17BrN4S. The summed E-state index contributed by atoms with van der Waals surface area (Å²) in [5.74, 6) is 5.66. The molecular weight excluding hydrogens is 312 g/mol. The first-order valence-corrected chi connectivity index (χ1v) is 7.54. The Kier molecular flexibility index (Phi) is 4.55. The van der Waals surface area contributed by atoms with E-state index >= 15 is 0 Å². The van der Waals surface area contributed by atoms with E-state index in [4.69, 9.17) is 5.84 Å². The number of thiophene rings is 1. The molecule has 6 heteroatoms. The van der Waals surface area contributed by atoms with Gasteiger partial charge in [-0.25, -0.2) is 0 Å². The zero-order chi connectivity index (χ0) is 13.1. The quantitative estimate of drug-likeness (QED) is 0.655. The van der Waals surface area contributed by atoms with E-state index in [0.29, 0.717) is 0 Å². The van der Waals surface area contributed by atoms with Crippen molar-refractivity contribution in [2.24, 2.45) is 12.9 Å². The van der Waals surface area contributed by atoms with Crippen molar-refractivity contribution in [2.45, 2.75) is 25.8 Å². The molecule has 0 bridgehead atoms. The Bertz CT molecular complexity index is 506. The van der Waals surface area contributed by atoms with Crippen LogP contribution in [-0.4, -0.2) is 9.78 Å². The first-order chi connectivity index (χ1) is 8.67. The standard InChI is InChI=1S/C12H17BrN4S/c1-3-8-12(13)10(17(2)16-8)7-9(15-14)11-5-4-6-18-11/h4-6,9,15H,3,7,14H2,1-2H3. The second-order valence-electron chi connectivity index (χ2n) is 4.12. The molecule has 0 aliphatic heterocycles. The molecule has 2 rings (SSSR count). The predicted octanol–water partition coefficient (Wildman–Crippen LogP) is 2.55. The van der Waals surface area contributed by atoms with E-state index in [1.165, 1.54) is 10.6 Å². The maximum Gasteiger partial charge on any atom is 0.0766 e. The fourth-order valence-electron chi connectivity index (χ4n) is 1.97. The molecule has 0 amide bonds. The maximum atomic E-state index is 5.66. The Morgan fingerprint density at radius 3 is 2.89 bits per heavy atom. The lowest BCUT2D eigenvalue weighted by atomic mass is 10.1. The summed E-state index contributed by atoms with van der Waals surface area (Å²) in [5, 5.41) is 6.57. The molecule has 0 radical (unpaired) electrons. The summed E-state index contributed by atoms with van der Waals surface area (Å²) in [6.07, 6.45) is 1.75. The van der Waals surface area contributed by atoms with Crippen LogP contribution in [0, 0.1) is 0 Å². The minimum absolute atomic E-state index is 0.126.